The van der Waals surface area contributed by atoms with Gasteiger partial charge >= 0.3 is 0 Å². The molecule has 1 spiro atoms. The smallest absolute Gasteiger partial charge is 0.164 e. The van der Waals surface area contributed by atoms with Crippen LogP contribution in [-0.4, -0.2) is 15.0 Å². The Balaban J connectivity index is 0.847. The molecule has 67 heavy (non-hydrogen) atoms. The molecular weight excluding hydrogens is 835 g/mol. The number of rotatable bonds is 6. The Kier molecular flexibility index (Phi) is 8.95. The van der Waals surface area contributed by atoms with Crippen LogP contribution < -0.4 is 9.80 Å². The highest BCUT2D eigenvalue weighted by atomic mass is 32.2. The summed E-state index contributed by atoms with van der Waals surface area (Å²) in [5, 5.41) is 0. The van der Waals surface area contributed by atoms with Gasteiger partial charge in [0.2, 0.25) is 0 Å². The average Bonchev–Trinajstić information content (AvgIpc) is 3.39. The normalized spacial score (nSPS) is 21.7. The van der Waals surface area contributed by atoms with Crippen LogP contribution in [0, 0.1) is 23.7 Å². The quantitative estimate of drug-likeness (QED) is 0.166. The number of benzene rings is 8. The summed E-state index contributed by atoms with van der Waals surface area (Å²) in [6.07, 6.45) is 6.80. The first-order valence-electron chi connectivity index (χ1n) is 23.9. The van der Waals surface area contributed by atoms with E-state index in [1.54, 1.807) is 0 Å². The number of hydrogen-bond donors (Lipinski definition) is 0. The molecule has 0 radical (unpaired) electrons. The van der Waals surface area contributed by atoms with E-state index in [1.807, 2.05) is 30.0 Å². The number of hydrogen-bond acceptors (Lipinski definition) is 6. The third kappa shape index (κ3) is 6.19. The summed E-state index contributed by atoms with van der Waals surface area (Å²) in [5.74, 6) is 5.02. The molecule has 1 aromatic heterocycles. The largest absolute Gasteiger partial charge is 0.310 e. The van der Waals surface area contributed by atoms with Gasteiger partial charge in [0.25, 0.3) is 0 Å². The van der Waals surface area contributed by atoms with E-state index in [9.17, 15) is 0 Å². The lowest BCUT2D eigenvalue weighted by Gasteiger charge is -2.64. The fourth-order valence-electron chi connectivity index (χ4n) is 13.1. The Bertz CT molecular complexity index is 3280. The molecule has 6 aliphatic rings. The van der Waals surface area contributed by atoms with E-state index in [1.165, 1.54) is 92.6 Å². The first-order chi connectivity index (χ1) is 33.2. The molecule has 0 atom stereocenters. The Morgan fingerprint density at radius 2 is 0.791 bits per heavy atom. The first kappa shape index (κ1) is 38.9. The molecule has 0 saturated heterocycles. The summed E-state index contributed by atoms with van der Waals surface area (Å²) in [5.41, 5.74) is 15.7. The van der Waals surface area contributed by atoms with Crippen LogP contribution in [0.25, 0.3) is 45.3 Å². The molecule has 4 fully saturated rings. The molecule has 2 aliphatic heterocycles. The minimum absolute atomic E-state index is 0.00965. The number of fused-ring (bicyclic) bond motifs is 4. The van der Waals surface area contributed by atoms with Crippen molar-refractivity contribution >= 4 is 45.9 Å². The third-order valence-corrected chi connectivity index (χ3v) is 16.8. The maximum atomic E-state index is 5.19. The minimum Gasteiger partial charge on any atom is -0.310 e. The van der Waals surface area contributed by atoms with Gasteiger partial charge in [0.1, 0.15) is 0 Å². The molecule has 0 amide bonds. The number of nitrogens with zero attached hydrogens (tertiary/aromatic N) is 5. The second-order valence-electron chi connectivity index (χ2n) is 19.3. The summed E-state index contributed by atoms with van der Waals surface area (Å²) in [7, 11) is 0. The predicted molar refractivity (Wildman–Crippen MR) is 273 cm³/mol. The SMILES string of the molecule is c1ccc(-c2nc(-c3ccc(-c4ccc5c(c4)C4(c6ccccc6N5c5ccccc5)C5CC6CC(C5)CC4C6)cc3)nc(-c3ccc(N4c5ccccc5Sc5ccccc54)cc3)n2)cc1. The fraction of sp³-hybridized carbons (Fsp3) is 0.164. The van der Waals surface area contributed by atoms with Crippen molar-refractivity contribution in [3.8, 4) is 45.3 Å². The first-order valence-corrected chi connectivity index (χ1v) is 24.8. The highest BCUT2D eigenvalue weighted by molar-refractivity contribution is 7.99. The van der Waals surface area contributed by atoms with E-state index in [2.05, 4.69) is 192 Å². The molecule has 6 heteroatoms. The van der Waals surface area contributed by atoms with Crippen LogP contribution in [0.2, 0.25) is 0 Å². The lowest BCUT2D eigenvalue weighted by molar-refractivity contribution is -0.0419. The van der Waals surface area contributed by atoms with Gasteiger partial charge in [-0.25, -0.2) is 15.0 Å². The fourth-order valence-corrected chi connectivity index (χ4v) is 14.2. The van der Waals surface area contributed by atoms with Crippen molar-refractivity contribution in [3.63, 3.8) is 0 Å². The molecule has 0 unspecified atom stereocenters. The second kappa shape index (κ2) is 15.4. The lowest BCUT2D eigenvalue weighted by Crippen LogP contribution is -2.57. The van der Waals surface area contributed by atoms with Gasteiger partial charge in [-0.1, -0.05) is 133 Å². The van der Waals surface area contributed by atoms with E-state index >= 15 is 0 Å². The molecule has 4 aliphatic carbocycles. The van der Waals surface area contributed by atoms with Gasteiger partial charge in [-0.2, -0.15) is 0 Å². The molecule has 322 valence electrons. The van der Waals surface area contributed by atoms with Crippen LogP contribution in [0.3, 0.4) is 0 Å². The Hall–Kier alpha value is -7.28. The molecule has 8 aromatic carbocycles. The molecule has 15 rings (SSSR count). The van der Waals surface area contributed by atoms with Crippen molar-refractivity contribution in [1.82, 2.24) is 15.0 Å². The van der Waals surface area contributed by atoms with Gasteiger partial charge < -0.3 is 9.80 Å². The van der Waals surface area contributed by atoms with Crippen LogP contribution >= 0.6 is 11.8 Å². The Morgan fingerprint density at radius 3 is 1.40 bits per heavy atom. The summed E-state index contributed by atoms with van der Waals surface area (Å²) < 4.78 is 0. The van der Waals surface area contributed by atoms with Crippen LogP contribution in [0.1, 0.15) is 43.2 Å². The van der Waals surface area contributed by atoms with E-state index < -0.39 is 0 Å². The zero-order valence-electron chi connectivity index (χ0n) is 37.0. The highest BCUT2D eigenvalue weighted by Crippen LogP contribution is 2.69. The van der Waals surface area contributed by atoms with Gasteiger partial charge in [-0.05, 0) is 157 Å². The maximum Gasteiger partial charge on any atom is 0.164 e. The van der Waals surface area contributed by atoms with Crippen molar-refractivity contribution in [2.45, 2.75) is 47.3 Å². The number of para-hydroxylation sites is 4. The van der Waals surface area contributed by atoms with E-state index in [4.69, 9.17) is 15.0 Å². The average molecular weight is 882 g/mol. The lowest BCUT2D eigenvalue weighted by atomic mass is 9.41. The number of anilines is 6. The molecule has 9 aromatic rings. The Morgan fingerprint density at radius 1 is 0.358 bits per heavy atom. The predicted octanol–water partition coefficient (Wildman–Crippen LogP) is 16.0. The molecule has 0 N–H and O–H groups in total. The Labute approximate surface area is 396 Å². The zero-order chi connectivity index (χ0) is 44.1. The van der Waals surface area contributed by atoms with Gasteiger partial charge in [0.05, 0.1) is 22.7 Å². The third-order valence-electron chi connectivity index (χ3n) is 15.7. The molecule has 4 saturated carbocycles. The van der Waals surface area contributed by atoms with Crippen LogP contribution in [-0.2, 0) is 5.41 Å². The topological polar surface area (TPSA) is 45.2 Å². The highest BCUT2D eigenvalue weighted by Gasteiger charge is 2.61. The molecule has 3 heterocycles. The molecule has 5 nitrogen and oxygen atoms in total. The monoisotopic (exact) mass is 881 g/mol. The van der Waals surface area contributed by atoms with Gasteiger partial charge in [-0.3, -0.25) is 0 Å². The van der Waals surface area contributed by atoms with Crippen molar-refractivity contribution in [2.24, 2.45) is 23.7 Å². The van der Waals surface area contributed by atoms with Crippen molar-refractivity contribution in [3.05, 3.63) is 211 Å². The summed E-state index contributed by atoms with van der Waals surface area (Å²) in [6, 6.07) is 72.8. The molecular formula is C61H47N5S. The second-order valence-corrected chi connectivity index (χ2v) is 20.3. The van der Waals surface area contributed by atoms with Crippen molar-refractivity contribution in [2.75, 3.05) is 9.80 Å². The summed E-state index contributed by atoms with van der Waals surface area (Å²) >= 11 is 1.82. The standard InChI is InChI=1S/C61H47N5S/c1-3-13-42(14-4-1)58-62-59(64-60(63-58)44-27-30-49(31-28-44)66-54-19-9-11-21-56(54)67-57-22-12-10-20-55(57)66)43-25-23-41(24-26-43)45-29-32-53-51(38-45)61(46-34-39-33-40(36-46)37-47(61)35-39)50-17-7-8-18-52(50)65(53)48-15-5-2-6-16-48/h1-32,38-40,46-47H,33-37H2. The number of aromatic nitrogens is 3. The van der Waals surface area contributed by atoms with Gasteiger partial charge in [0.15, 0.2) is 17.5 Å². The summed E-state index contributed by atoms with van der Waals surface area (Å²) in [6.45, 7) is 0. The maximum absolute atomic E-state index is 5.19. The van der Waals surface area contributed by atoms with Crippen molar-refractivity contribution in [1.29, 1.82) is 0 Å². The van der Waals surface area contributed by atoms with E-state index in [-0.39, 0.29) is 5.41 Å². The van der Waals surface area contributed by atoms with Crippen molar-refractivity contribution < 1.29 is 0 Å². The van der Waals surface area contributed by atoms with Crippen LogP contribution in [0.15, 0.2) is 210 Å². The van der Waals surface area contributed by atoms with Crippen LogP contribution in [0.5, 0.6) is 0 Å². The summed E-state index contributed by atoms with van der Waals surface area (Å²) in [4.78, 5) is 22.8. The van der Waals surface area contributed by atoms with Crippen LogP contribution in [0.4, 0.5) is 34.1 Å². The zero-order valence-corrected chi connectivity index (χ0v) is 37.9. The van der Waals surface area contributed by atoms with E-state index in [0.717, 1.165) is 34.2 Å². The minimum atomic E-state index is 0.00965. The molecule has 4 bridgehead atoms. The van der Waals surface area contributed by atoms with Gasteiger partial charge in [0, 0.05) is 43.3 Å². The van der Waals surface area contributed by atoms with E-state index in [0.29, 0.717) is 29.3 Å². The van der Waals surface area contributed by atoms with Gasteiger partial charge in [-0.15, -0.1) is 0 Å².